The van der Waals surface area contributed by atoms with Crippen molar-refractivity contribution < 1.29 is 9.53 Å². The number of nitrogens with one attached hydrogen (secondary N) is 2. The average Bonchev–Trinajstić information content (AvgIpc) is 2.27. The Labute approximate surface area is 111 Å². The van der Waals surface area contributed by atoms with Gasteiger partial charge in [-0.3, -0.25) is 4.79 Å². The molecule has 1 aliphatic rings. The van der Waals surface area contributed by atoms with Gasteiger partial charge in [-0.1, -0.05) is 11.6 Å². The Morgan fingerprint density at radius 1 is 1.72 bits per heavy atom. The van der Waals surface area contributed by atoms with Gasteiger partial charge in [0.05, 0.1) is 6.20 Å². The molecule has 0 radical (unpaired) electrons. The quantitative estimate of drug-likeness (QED) is 0.786. The summed E-state index contributed by atoms with van der Waals surface area (Å²) in [6.45, 7) is 3.51. The highest BCUT2D eigenvalue weighted by Gasteiger charge is 2.16. The maximum Gasteiger partial charge on any atom is 0.217 e. The van der Waals surface area contributed by atoms with Crippen LogP contribution in [0.5, 0.6) is 5.75 Å². The maximum atomic E-state index is 10.9. The van der Waals surface area contributed by atoms with E-state index in [2.05, 4.69) is 15.6 Å². The fraction of sp³-hybridized carbons (Fsp3) is 0.500. The fourth-order valence-corrected chi connectivity index (χ4v) is 1.75. The van der Waals surface area contributed by atoms with Crippen molar-refractivity contribution in [2.24, 2.45) is 0 Å². The number of carbonyl (C=O) groups excluding carboxylic acids is 1. The van der Waals surface area contributed by atoms with Crippen molar-refractivity contribution in [3.05, 3.63) is 23.0 Å². The number of aromatic nitrogens is 1. The van der Waals surface area contributed by atoms with E-state index in [4.69, 9.17) is 16.3 Å². The third-order valence-corrected chi connectivity index (χ3v) is 3.13. The molecular formula is C12H16ClN3O2. The molecule has 1 amide bonds. The summed E-state index contributed by atoms with van der Waals surface area (Å²) in [4.78, 5) is 14.9. The number of hydrogen-bond acceptors (Lipinski definition) is 4. The Morgan fingerprint density at radius 3 is 3.11 bits per heavy atom. The van der Waals surface area contributed by atoms with E-state index in [0.717, 1.165) is 18.5 Å². The van der Waals surface area contributed by atoms with Gasteiger partial charge >= 0.3 is 0 Å². The first-order chi connectivity index (χ1) is 8.65. The Morgan fingerprint density at radius 2 is 2.50 bits per heavy atom. The molecule has 1 fully saturated rings. The van der Waals surface area contributed by atoms with Gasteiger partial charge in [-0.15, -0.1) is 0 Å². The second kappa shape index (κ2) is 6.02. The van der Waals surface area contributed by atoms with E-state index < -0.39 is 0 Å². The van der Waals surface area contributed by atoms with E-state index in [0.29, 0.717) is 30.1 Å². The first kappa shape index (κ1) is 13.1. The van der Waals surface area contributed by atoms with Crippen LogP contribution in [0.2, 0.25) is 5.15 Å². The fourth-order valence-electron chi connectivity index (χ4n) is 1.58. The van der Waals surface area contributed by atoms with Gasteiger partial charge in [0, 0.05) is 25.1 Å². The monoisotopic (exact) mass is 269 g/mol. The van der Waals surface area contributed by atoms with Gasteiger partial charge in [0.1, 0.15) is 17.5 Å². The molecule has 1 aliphatic heterocycles. The molecule has 0 aliphatic carbocycles. The molecule has 0 bridgehead atoms. The number of carbonyl (C=O) groups is 1. The predicted molar refractivity (Wildman–Crippen MR) is 68.7 cm³/mol. The molecule has 0 saturated carbocycles. The molecule has 5 nitrogen and oxygen atoms in total. The van der Waals surface area contributed by atoms with Crippen LogP contribution in [0, 0.1) is 0 Å². The number of nitrogens with zero attached hydrogens (tertiary/aromatic N) is 1. The van der Waals surface area contributed by atoms with E-state index in [-0.39, 0.29) is 5.91 Å². The minimum atomic E-state index is -0.101. The smallest absolute Gasteiger partial charge is 0.217 e. The molecule has 1 aromatic heterocycles. The number of pyridine rings is 1. The standard InChI is InChI=1S/C12H16ClN3O2/c1-8(17)15-5-9-4-11(6-16-12(9)13)18-7-10-2-3-14-10/h4,6,10,14H,2-3,5,7H2,1H3,(H,15,17)/t10-/m0/s1. The summed E-state index contributed by atoms with van der Waals surface area (Å²) in [6, 6.07) is 2.24. The molecule has 1 aromatic rings. The number of rotatable bonds is 5. The molecule has 0 unspecified atom stereocenters. The van der Waals surface area contributed by atoms with E-state index in [9.17, 15) is 4.79 Å². The van der Waals surface area contributed by atoms with Crippen LogP contribution < -0.4 is 15.4 Å². The lowest BCUT2D eigenvalue weighted by molar-refractivity contribution is -0.119. The molecule has 0 spiro atoms. The summed E-state index contributed by atoms with van der Waals surface area (Å²) < 4.78 is 5.62. The zero-order valence-corrected chi connectivity index (χ0v) is 11.0. The van der Waals surface area contributed by atoms with Crippen molar-refractivity contribution in [2.45, 2.75) is 25.9 Å². The van der Waals surface area contributed by atoms with Gasteiger partial charge in [-0.05, 0) is 19.0 Å². The van der Waals surface area contributed by atoms with Crippen LogP contribution in [-0.2, 0) is 11.3 Å². The molecule has 2 heterocycles. The maximum absolute atomic E-state index is 10.9. The van der Waals surface area contributed by atoms with Crippen molar-refractivity contribution in [1.82, 2.24) is 15.6 Å². The third-order valence-electron chi connectivity index (χ3n) is 2.79. The number of amides is 1. The highest BCUT2D eigenvalue weighted by atomic mass is 35.5. The van der Waals surface area contributed by atoms with Gasteiger partial charge in [0.25, 0.3) is 0 Å². The molecule has 2 rings (SSSR count). The van der Waals surface area contributed by atoms with Crippen molar-refractivity contribution in [2.75, 3.05) is 13.2 Å². The Hall–Kier alpha value is -1.33. The first-order valence-corrected chi connectivity index (χ1v) is 6.28. The van der Waals surface area contributed by atoms with Crippen LogP contribution in [-0.4, -0.2) is 30.1 Å². The van der Waals surface area contributed by atoms with Gasteiger partial charge in [-0.2, -0.15) is 0 Å². The van der Waals surface area contributed by atoms with E-state index >= 15 is 0 Å². The zero-order chi connectivity index (χ0) is 13.0. The second-order valence-corrected chi connectivity index (χ2v) is 4.64. The van der Waals surface area contributed by atoms with E-state index in [1.165, 1.54) is 6.92 Å². The lowest BCUT2D eigenvalue weighted by atomic mass is 10.1. The first-order valence-electron chi connectivity index (χ1n) is 5.90. The zero-order valence-electron chi connectivity index (χ0n) is 10.2. The number of ether oxygens (including phenoxy) is 1. The van der Waals surface area contributed by atoms with Crippen LogP contribution in [0.15, 0.2) is 12.3 Å². The largest absolute Gasteiger partial charge is 0.490 e. The third kappa shape index (κ3) is 3.58. The van der Waals surface area contributed by atoms with Gasteiger partial charge < -0.3 is 15.4 Å². The average molecular weight is 270 g/mol. The van der Waals surface area contributed by atoms with E-state index in [1.807, 2.05) is 6.07 Å². The molecule has 6 heteroatoms. The van der Waals surface area contributed by atoms with Crippen LogP contribution in [0.25, 0.3) is 0 Å². The molecule has 2 N–H and O–H groups in total. The summed E-state index contributed by atoms with van der Waals surface area (Å²) >= 11 is 5.95. The minimum Gasteiger partial charge on any atom is -0.490 e. The van der Waals surface area contributed by atoms with Crippen molar-refractivity contribution >= 4 is 17.5 Å². The molecule has 98 valence electrons. The van der Waals surface area contributed by atoms with Crippen LogP contribution >= 0.6 is 11.6 Å². The minimum absolute atomic E-state index is 0.101. The predicted octanol–water partition coefficient (Wildman–Crippen LogP) is 1.11. The molecule has 1 saturated heterocycles. The lowest BCUT2D eigenvalue weighted by Crippen LogP contribution is -2.46. The summed E-state index contributed by atoms with van der Waals surface area (Å²) in [5.74, 6) is 0.574. The SMILES string of the molecule is CC(=O)NCc1cc(OC[C@@H]2CCN2)cnc1Cl. The highest BCUT2D eigenvalue weighted by molar-refractivity contribution is 6.30. The van der Waals surface area contributed by atoms with Crippen molar-refractivity contribution in [3.63, 3.8) is 0 Å². The number of halogens is 1. The Bertz CT molecular complexity index is 435. The summed E-state index contributed by atoms with van der Waals surface area (Å²) in [7, 11) is 0. The molecule has 1 atom stereocenters. The normalized spacial score (nSPS) is 18.0. The molecule has 18 heavy (non-hydrogen) atoms. The Balaban J connectivity index is 1.93. The lowest BCUT2D eigenvalue weighted by Gasteiger charge is -2.27. The number of hydrogen-bond donors (Lipinski definition) is 2. The Kier molecular flexibility index (Phi) is 4.38. The van der Waals surface area contributed by atoms with Gasteiger partial charge in [0.2, 0.25) is 5.91 Å². The summed E-state index contributed by atoms with van der Waals surface area (Å²) in [5.41, 5.74) is 0.755. The van der Waals surface area contributed by atoms with Crippen LogP contribution in [0.4, 0.5) is 0 Å². The second-order valence-electron chi connectivity index (χ2n) is 4.28. The highest BCUT2D eigenvalue weighted by Crippen LogP contribution is 2.19. The summed E-state index contributed by atoms with van der Waals surface area (Å²) in [6.07, 6.45) is 2.73. The van der Waals surface area contributed by atoms with Gasteiger partial charge in [-0.25, -0.2) is 4.98 Å². The topological polar surface area (TPSA) is 63.2 Å². The summed E-state index contributed by atoms with van der Waals surface area (Å²) in [5, 5.41) is 6.33. The van der Waals surface area contributed by atoms with Crippen LogP contribution in [0.3, 0.4) is 0 Å². The molecule has 0 aromatic carbocycles. The van der Waals surface area contributed by atoms with Gasteiger partial charge in [0.15, 0.2) is 0 Å². The molecular weight excluding hydrogens is 254 g/mol. The van der Waals surface area contributed by atoms with Crippen LogP contribution in [0.1, 0.15) is 18.9 Å². The van der Waals surface area contributed by atoms with Crippen molar-refractivity contribution in [3.8, 4) is 5.75 Å². The van der Waals surface area contributed by atoms with Crippen molar-refractivity contribution in [1.29, 1.82) is 0 Å². The van der Waals surface area contributed by atoms with E-state index in [1.54, 1.807) is 6.20 Å².